The average molecular weight is 323 g/mol. The first-order valence-corrected chi connectivity index (χ1v) is 9.63. The van der Waals surface area contributed by atoms with Gasteiger partial charge >= 0.3 is 0 Å². The lowest BCUT2D eigenvalue weighted by Gasteiger charge is -2.05. The van der Waals surface area contributed by atoms with Gasteiger partial charge in [-0.1, -0.05) is 63.1 Å². The van der Waals surface area contributed by atoms with Crippen LogP contribution in [0.25, 0.3) is 0 Å². The topological polar surface area (TPSA) is 0 Å². The molecule has 0 aliphatic carbocycles. The predicted molar refractivity (Wildman–Crippen MR) is 107 cm³/mol. The second-order valence-electron chi connectivity index (χ2n) is 6.54. The van der Waals surface area contributed by atoms with Crippen molar-refractivity contribution in [3.63, 3.8) is 0 Å². The van der Waals surface area contributed by atoms with Crippen LogP contribution in [-0.2, 0) is 12.8 Å². The van der Waals surface area contributed by atoms with Crippen LogP contribution in [0, 0.1) is 0 Å². The minimum Gasteiger partial charge on any atom is -0.133 e. The van der Waals surface area contributed by atoms with Crippen molar-refractivity contribution in [2.75, 3.05) is 0 Å². The molecular formula is C24H34. The fraction of sp³-hybridized carbons (Fsp3) is 0.500. The Labute approximate surface area is 149 Å². The third-order valence-corrected chi connectivity index (χ3v) is 4.44. The Bertz CT molecular complexity index is 458. The van der Waals surface area contributed by atoms with Crippen molar-refractivity contribution in [1.29, 1.82) is 0 Å². The van der Waals surface area contributed by atoms with E-state index in [4.69, 9.17) is 0 Å². The van der Waals surface area contributed by atoms with Crippen LogP contribution < -0.4 is 0 Å². The Morgan fingerprint density at radius 2 is 0.958 bits per heavy atom. The number of aryl methyl sites for hydroxylation is 2. The molecule has 0 radical (unpaired) electrons. The number of allylic oxidation sites excluding steroid dienone is 2. The molecule has 0 N–H and O–H groups in total. The summed E-state index contributed by atoms with van der Waals surface area (Å²) in [5.74, 6) is 0. The molecule has 0 unspecified atom stereocenters. The highest BCUT2D eigenvalue weighted by atomic mass is 14.0. The van der Waals surface area contributed by atoms with E-state index in [1.54, 1.807) is 0 Å². The van der Waals surface area contributed by atoms with E-state index in [9.17, 15) is 0 Å². The van der Waals surface area contributed by atoms with Gasteiger partial charge in [-0.15, -0.1) is 11.5 Å². The van der Waals surface area contributed by atoms with Crippen molar-refractivity contribution < 1.29 is 0 Å². The molecule has 0 heterocycles. The Balaban J connectivity index is 2.07. The molecule has 0 saturated carbocycles. The van der Waals surface area contributed by atoms with Gasteiger partial charge < -0.3 is 0 Å². The van der Waals surface area contributed by atoms with Gasteiger partial charge in [0.05, 0.1) is 0 Å². The van der Waals surface area contributed by atoms with Crippen LogP contribution in [0.1, 0.15) is 75.3 Å². The molecule has 1 aromatic carbocycles. The van der Waals surface area contributed by atoms with Crippen LogP contribution in [-0.4, -0.2) is 0 Å². The number of unbranched alkanes of at least 4 members (excludes halogenated alkanes) is 8. The van der Waals surface area contributed by atoms with Gasteiger partial charge in [0.25, 0.3) is 0 Å². The molecule has 1 aromatic rings. The summed E-state index contributed by atoms with van der Waals surface area (Å²) in [4.78, 5) is 0. The second kappa shape index (κ2) is 14.8. The van der Waals surface area contributed by atoms with Gasteiger partial charge in [-0.05, 0) is 74.6 Å². The van der Waals surface area contributed by atoms with Crippen LogP contribution >= 0.6 is 0 Å². The molecule has 0 saturated heterocycles. The standard InChI is InChI=1S/C24H34/c1-3-5-7-9-11-13-15-17-23-19-21-24(22-20-23)18-16-14-12-10-8-6-4-2/h5-6,19-22H,1-2,7-18H2. The normalized spacial score (nSPS) is 10.0. The van der Waals surface area contributed by atoms with Gasteiger partial charge in [0.15, 0.2) is 0 Å². The monoisotopic (exact) mass is 322 g/mol. The largest absolute Gasteiger partial charge is 0.133 e. The molecule has 0 fully saturated rings. The highest BCUT2D eigenvalue weighted by Crippen LogP contribution is 2.13. The summed E-state index contributed by atoms with van der Waals surface area (Å²) in [7, 11) is 0. The second-order valence-corrected chi connectivity index (χ2v) is 6.54. The van der Waals surface area contributed by atoms with E-state index in [1.807, 2.05) is 12.2 Å². The van der Waals surface area contributed by atoms with E-state index in [0.29, 0.717) is 0 Å². The molecule has 24 heavy (non-hydrogen) atoms. The van der Waals surface area contributed by atoms with Gasteiger partial charge in [-0.2, -0.15) is 0 Å². The lowest BCUT2D eigenvalue weighted by molar-refractivity contribution is 0.643. The molecule has 0 aliphatic heterocycles. The van der Waals surface area contributed by atoms with Crippen LogP contribution in [0.5, 0.6) is 0 Å². The Morgan fingerprint density at radius 3 is 1.33 bits per heavy atom. The predicted octanol–water partition coefficient (Wildman–Crippen LogP) is 7.35. The SMILES string of the molecule is C=C=CCCCCCCc1ccc(CCCCCCC=C=C)cc1. The molecule has 130 valence electrons. The number of rotatable bonds is 14. The summed E-state index contributed by atoms with van der Waals surface area (Å²) >= 11 is 0. The summed E-state index contributed by atoms with van der Waals surface area (Å²) in [5, 5.41) is 0. The first kappa shape index (κ1) is 20.3. The lowest BCUT2D eigenvalue weighted by atomic mass is 10.0. The van der Waals surface area contributed by atoms with E-state index in [2.05, 4.69) is 48.9 Å². The summed E-state index contributed by atoms with van der Waals surface area (Å²) in [6.45, 7) is 7.19. The van der Waals surface area contributed by atoms with Crippen molar-refractivity contribution in [2.24, 2.45) is 0 Å². The zero-order valence-corrected chi connectivity index (χ0v) is 15.4. The smallest absolute Gasteiger partial charge is 0.0275 e. The van der Waals surface area contributed by atoms with Crippen LogP contribution in [0.4, 0.5) is 0 Å². The molecule has 0 aromatic heterocycles. The molecule has 1 rings (SSSR count). The third-order valence-electron chi connectivity index (χ3n) is 4.44. The number of benzene rings is 1. The lowest BCUT2D eigenvalue weighted by Crippen LogP contribution is -1.89. The van der Waals surface area contributed by atoms with Crippen molar-refractivity contribution in [2.45, 2.75) is 77.0 Å². The average Bonchev–Trinajstić information content (AvgIpc) is 2.61. The van der Waals surface area contributed by atoms with Gasteiger partial charge in [0, 0.05) is 0 Å². The summed E-state index contributed by atoms with van der Waals surface area (Å²) in [6.07, 6.45) is 19.2. The number of hydrogen-bond acceptors (Lipinski definition) is 0. The van der Waals surface area contributed by atoms with E-state index >= 15 is 0 Å². The van der Waals surface area contributed by atoms with Crippen LogP contribution in [0.3, 0.4) is 0 Å². The van der Waals surface area contributed by atoms with Gasteiger partial charge in [0.2, 0.25) is 0 Å². The van der Waals surface area contributed by atoms with Crippen molar-refractivity contribution in [3.8, 4) is 0 Å². The fourth-order valence-corrected chi connectivity index (χ4v) is 2.93. The molecule has 0 aliphatic rings. The number of hydrogen-bond donors (Lipinski definition) is 0. The zero-order chi connectivity index (χ0) is 17.3. The maximum absolute atomic E-state index is 3.59. The van der Waals surface area contributed by atoms with Gasteiger partial charge in [0.1, 0.15) is 0 Å². The maximum atomic E-state index is 3.59. The molecule has 0 nitrogen and oxygen atoms in total. The van der Waals surface area contributed by atoms with E-state index in [1.165, 1.54) is 75.3 Å². The summed E-state index contributed by atoms with van der Waals surface area (Å²) in [6, 6.07) is 9.30. The van der Waals surface area contributed by atoms with Crippen molar-refractivity contribution in [1.82, 2.24) is 0 Å². The van der Waals surface area contributed by atoms with E-state index in [-0.39, 0.29) is 0 Å². The fourth-order valence-electron chi connectivity index (χ4n) is 2.93. The Hall–Kier alpha value is -1.74. The summed E-state index contributed by atoms with van der Waals surface area (Å²) in [5.41, 5.74) is 8.65. The van der Waals surface area contributed by atoms with Crippen molar-refractivity contribution >= 4 is 0 Å². The van der Waals surface area contributed by atoms with E-state index in [0.717, 1.165) is 12.8 Å². The van der Waals surface area contributed by atoms with Crippen LogP contribution in [0.15, 0.2) is 61.0 Å². The molecule has 0 amide bonds. The van der Waals surface area contributed by atoms with Crippen molar-refractivity contribution in [3.05, 3.63) is 72.2 Å². The molecular weight excluding hydrogens is 288 g/mol. The minimum atomic E-state index is 1.13. The molecule has 0 bridgehead atoms. The van der Waals surface area contributed by atoms with E-state index < -0.39 is 0 Å². The van der Waals surface area contributed by atoms with Gasteiger partial charge in [-0.3, -0.25) is 0 Å². The molecule has 0 atom stereocenters. The minimum absolute atomic E-state index is 1.13. The quantitative estimate of drug-likeness (QED) is 0.248. The maximum Gasteiger partial charge on any atom is -0.0275 e. The summed E-state index contributed by atoms with van der Waals surface area (Å²) < 4.78 is 0. The molecule has 0 spiro atoms. The molecule has 0 heteroatoms. The highest BCUT2D eigenvalue weighted by molar-refractivity contribution is 5.22. The first-order chi connectivity index (χ1) is 11.9. The van der Waals surface area contributed by atoms with Crippen LogP contribution in [0.2, 0.25) is 0 Å². The highest BCUT2D eigenvalue weighted by Gasteiger charge is 1.97. The third kappa shape index (κ3) is 10.9. The first-order valence-electron chi connectivity index (χ1n) is 9.63. The van der Waals surface area contributed by atoms with Gasteiger partial charge in [-0.25, -0.2) is 0 Å². The Morgan fingerprint density at radius 1 is 0.583 bits per heavy atom. The zero-order valence-electron chi connectivity index (χ0n) is 15.4. The Kier molecular flexibility index (Phi) is 12.5.